The molecule has 0 amide bonds. The Morgan fingerprint density at radius 3 is 2.00 bits per heavy atom. The minimum atomic E-state index is 0. The Morgan fingerprint density at radius 1 is 0.909 bits per heavy atom. The van der Waals surface area contributed by atoms with Crippen molar-refractivity contribution >= 4 is 16.3 Å². The van der Waals surface area contributed by atoms with Crippen molar-refractivity contribution in [3.05, 3.63) is 58.7 Å². The fourth-order valence-electron chi connectivity index (χ4n) is 3.47. The third-order valence-electron chi connectivity index (χ3n) is 4.97. The summed E-state index contributed by atoms with van der Waals surface area (Å²) >= 11 is 0. The van der Waals surface area contributed by atoms with E-state index >= 15 is 0 Å². The van der Waals surface area contributed by atoms with Crippen LogP contribution in [0.1, 0.15) is 40.2 Å². The van der Waals surface area contributed by atoms with Gasteiger partial charge in [-0.05, 0) is 26.2 Å². The molecule has 0 nitrogen and oxygen atoms in total. The quantitative estimate of drug-likeness (QED) is 0.473. The molecule has 0 N–H and O–H groups in total. The maximum Gasteiger partial charge on any atom is 3.00 e. The summed E-state index contributed by atoms with van der Waals surface area (Å²) in [6.07, 6.45) is 0. The van der Waals surface area contributed by atoms with Crippen LogP contribution in [0.25, 0.3) is 16.3 Å². The smallest absolute Gasteiger partial charge is 1.00 e. The third-order valence-corrected chi connectivity index (χ3v) is 4.97. The maximum atomic E-state index is 2.34. The zero-order valence-corrected chi connectivity index (χ0v) is 19.4. The Morgan fingerprint density at radius 2 is 1.50 bits per heavy atom. The maximum absolute atomic E-state index is 2.34. The first-order chi connectivity index (χ1) is 8.93. The van der Waals surface area contributed by atoms with Gasteiger partial charge in [-0.2, -0.15) is 0 Å². The van der Waals surface area contributed by atoms with Crippen LogP contribution in [0.15, 0.2) is 53.1 Å². The van der Waals surface area contributed by atoms with E-state index in [4.69, 9.17) is 0 Å². The molecule has 3 heteroatoms. The van der Waals surface area contributed by atoms with Crippen LogP contribution in [-0.4, -0.2) is 0 Å². The molecule has 1 aliphatic carbocycles. The molecule has 0 spiro atoms. The fourth-order valence-corrected chi connectivity index (χ4v) is 3.47. The second-order valence-corrected chi connectivity index (χ2v) is 6.25. The molecule has 1 radical (unpaired) electrons. The molecule has 22 heavy (non-hydrogen) atoms. The van der Waals surface area contributed by atoms with E-state index in [1.807, 2.05) is 0 Å². The molecule has 0 heterocycles. The van der Waals surface area contributed by atoms with Gasteiger partial charge >= 0.3 is 26.2 Å². The predicted molar refractivity (Wildman–Crippen MR) is 84.3 cm³/mol. The molecule has 3 rings (SSSR count). The van der Waals surface area contributed by atoms with Gasteiger partial charge in [0.15, 0.2) is 0 Å². The molecular weight excluding hydrogens is 479 g/mol. The Hall–Kier alpha value is 0.153. The first kappa shape index (κ1) is 22.2. The Bertz CT molecular complexity index is 700. The standard InChI is InChI=1S/C19H21.2BrH.Zr/c1-12-13(2)18(19(4,5)14(12)3)17-10-15-8-6-7-9-16(15)11-17;;;/h6-11H,1-5H3;2*1H;/q-1;;;+3/p-2. The minimum absolute atomic E-state index is 0. The molecule has 0 bridgehead atoms. The van der Waals surface area contributed by atoms with Crippen LogP contribution in [-0.2, 0) is 26.2 Å². The molecule has 0 unspecified atom stereocenters. The number of rotatable bonds is 1. The van der Waals surface area contributed by atoms with Crippen LogP contribution in [0.3, 0.4) is 0 Å². The van der Waals surface area contributed by atoms with E-state index in [0.717, 1.165) is 0 Å². The number of allylic oxidation sites excluding steroid dienone is 4. The number of halogens is 2. The second-order valence-electron chi connectivity index (χ2n) is 6.25. The van der Waals surface area contributed by atoms with Crippen molar-refractivity contribution in [1.82, 2.24) is 0 Å². The van der Waals surface area contributed by atoms with E-state index in [9.17, 15) is 0 Å². The van der Waals surface area contributed by atoms with E-state index in [2.05, 4.69) is 71.0 Å². The van der Waals surface area contributed by atoms with Crippen molar-refractivity contribution in [3.63, 3.8) is 0 Å². The number of benzene rings is 1. The van der Waals surface area contributed by atoms with E-state index in [1.165, 1.54) is 38.6 Å². The summed E-state index contributed by atoms with van der Waals surface area (Å²) in [5, 5.41) is 2.69. The van der Waals surface area contributed by atoms with Crippen LogP contribution >= 0.6 is 0 Å². The van der Waals surface area contributed by atoms with Gasteiger partial charge in [0.2, 0.25) is 0 Å². The Balaban J connectivity index is 0.00000147. The number of hydrogen-bond donors (Lipinski definition) is 0. The van der Waals surface area contributed by atoms with Gasteiger partial charge < -0.3 is 34.0 Å². The minimum Gasteiger partial charge on any atom is -1.00 e. The molecule has 2 aromatic rings. The third kappa shape index (κ3) is 3.33. The number of hydrogen-bond acceptors (Lipinski definition) is 0. The molecule has 0 saturated heterocycles. The second kappa shape index (κ2) is 7.82. The summed E-state index contributed by atoms with van der Waals surface area (Å²) in [4.78, 5) is 0. The predicted octanol–water partition coefficient (Wildman–Crippen LogP) is -0.286. The van der Waals surface area contributed by atoms with Crippen LogP contribution in [0, 0.1) is 5.41 Å². The van der Waals surface area contributed by atoms with Gasteiger partial charge in [-0.25, -0.2) is 0 Å². The normalized spacial score (nSPS) is 16.2. The summed E-state index contributed by atoms with van der Waals surface area (Å²) < 4.78 is 0. The first-order valence-electron chi connectivity index (χ1n) is 6.98. The zero-order chi connectivity index (χ0) is 13.8. The Labute approximate surface area is 174 Å². The van der Waals surface area contributed by atoms with Crippen LogP contribution in [0.2, 0.25) is 0 Å². The van der Waals surface area contributed by atoms with E-state index in [1.54, 1.807) is 0 Å². The summed E-state index contributed by atoms with van der Waals surface area (Å²) in [6.45, 7) is 11.5. The van der Waals surface area contributed by atoms with Gasteiger partial charge in [0.25, 0.3) is 0 Å². The first-order valence-corrected chi connectivity index (χ1v) is 6.98. The van der Waals surface area contributed by atoms with Crippen molar-refractivity contribution in [2.24, 2.45) is 5.41 Å². The van der Waals surface area contributed by atoms with Crippen molar-refractivity contribution < 1.29 is 60.2 Å². The molecular formula is C19H21Br2Zr. The van der Waals surface area contributed by atoms with E-state index in [0.29, 0.717) is 0 Å². The monoisotopic (exact) mass is 497 g/mol. The van der Waals surface area contributed by atoms with Gasteiger partial charge in [0.05, 0.1) is 0 Å². The summed E-state index contributed by atoms with van der Waals surface area (Å²) in [5.41, 5.74) is 7.46. The van der Waals surface area contributed by atoms with Gasteiger partial charge in [0.1, 0.15) is 0 Å². The fraction of sp³-hybridized carbons (Fsp3) is 0.316. The van der Waals surface area contributed by atoms with Crippen molar-refractivity contribution in [1.29, 1.82) is 0 Å². The van der Waals surface area contributed by atoms with Crippen LogP contribution < -0.4 is 34.0 Å². The summed E-state index contributed by atoms with van der Waals surface area (Å²) in [6, 6.07) is 13.3. The summed E-state index contributed by atoms with van der Waals surface area (Å²) in [7, 11) is 0. The molecule has 0 aliphatic heterocycles. The largest absolute Gasteiger partial charge is 3.00 e. The molecule has 1 aliphatic rings. The topological polar surface area (TPSA) is 0 Å². The summed E-state index contributed by atoms with van der Waals surface area (Å²) in [5.74, 6) is 0. The molecule has 0 fully saturated rings. The average molecular weight is 500 g/mol. The Kier molecular flexibility index (Phi) is 7.87. The van der Waals surface area contributed by atoms with Crippen molar-refractivity contribution in [2.45, 2.75) is 34.6 Å². The molecule has 0 saturated carbocycles. The molecule has 0 atom stereocenters. The van der Waals surface area contributed by atoms with Gasteiger partial charge in [-0.15, -0.1) is 34.5 Å². The van der Waals surface area contributed by atoms with E-state index in [-0.39, 0.29) is 65.6 Å². The van der Waals surface area contributed by atoms with Gasteiger partial charge in [-0.3, -0.25) is 0 Å². The van der Waals surface area contributed by atoms with Crippen molar-refractivity contribution in [2.75, 3.05) is 0 Å². The van der Waals surface area contributed by atoms with E-state index < -0.39 is 0 Å². The molecule has 115 valence electrons. The zero-order valence-electron chi connectivity index (χ0n) is 13.7. The van der Waals surface area contributed by atoms with Gasteiger partial charge in [0, 0.05) is 0 Å². The molecule has 0 aromatic heterocycles. The number of fused-ring (bicyclic) bond motifs is 1. The average Bonchev–Trinajstić information content (AvgIpc) is 2.84. The van der Waals surface area contributed by atoms with Crippen LogP contribution in [0.4, 0.5) is 0 Å². The SMILES string of the molecule is CC1=C(C)C(C)(C)C(c2cc3ccccc3[cH-]2)=C1C.[Br-].[Br-].[Zr+3]. The van der Waals surface area contributed by atoms with Gasteiger partial charge in [-0.1, -0.05) is 54.3 Å². The molecule has 2 aromatic carbocycles. The van der Waals surface area contributed by atoms with Crippen molar-refractivity contribution in [3.8, 4) is 0 Å². The van der Waals surface area contributed by atoms with Crippen LogP contribution in [0.5, 0.6) is 0 Å².